The number of hydrogen-bond donors (Lipinski definition) is 1. The summed E-state index contributed by atoms with van der Waals surface area (Å²) in [5, 5.41) is 8.69. The summed E-state index contributed by atoms with van der Waals surface area (Å²) in [5.74, 6) is -0.405. The number of carboxylic acid groups (broad SMARTS) is 1. The van der Waals surface area contributed by atoms with E-state index in [-0.39, 0.29) is 5.69 Å². The Bertz CT molecular complexity index is 387. The summed E-state index contributed by atoms with van der Waals surface area (Å²) in [4.78, 5) is 20.5. The maximum Gasteiger partial charge on any atom is 0.356 e. The first kappa shape index (κ1) is 12.2. The number of carboxylic acids is 1. The second-order valence-corrected chi connectivity index (χ2v) is 3.54. The van der Waals surface area contributed by atoms with E-state index in [0.717, 1.165) is 12.1 Å². The molecule has 1 aromatic heterocycles. The Hall–Kier alpha value is -1.91. The van der Waals surface area contributed by atoms with Gasteiger partial charge in [-0.05, 0) is 13.8 Å². The number of aromatic carboxylic acids is 1. The molecule has 0 saturated carbocycles. The number of aromatic nitrogens is 2. The number of hydrogen-bond acceptors (Lipinski definition) is 4. The zero-order chi connectivity index (χ0) is 12.1. The Morgan fingerprint density at radius 1 is 1.50 bits per heavy atom. The molecule has 16 heavy (non-hydrogen) atoms. The molecule has 0 bridgehead atoms. The van der Waals surface area contributed by atoms with E-state index in [9.17, 15) is 4.79 Å². The molecule has 1 N–H and O–H groups in total. The van der Waals surface area contributed by atoms with E-state index in [1.165, 1.54) is 12.4 Å². The Labute approximate surface area is 94.5 Å². The van der Waals surface area contributed by atoms with Crippen LogP contribution in [-0.2, 0) is 0 Å². The quantitative estimate of drug-likeness (QED) is 0.764. The third kappa shape index (κ3) is 3.05. The molecule has 86 valence electrons. The maximum absolute atomic E-state index is 10.6. The second kappa shape index (κ2) is 5.25. The fraction of sp³-hybridized carbons (Fsp3) is 0.364. The number of carbonyl (C=O) groups is 1. The van der Waals surface area contributed by atoms with Crippen molar-refractivity contribution < 1.29 is 9.90 Å². The van der Waals surface area contributed by atoms with Gasteiger partial charge in [0.05, 0.1) is 12.4 Å². The van der Waals surface area contributed by atoms with Crippen LogP contribution in [0.5, 0.6) is 0 Å². The molecule has 0 unspecified atom stereocenters. The summed E-state index contributed by atoms with van der Waals surface area (Å²) in [6, 6.07) is 0. The lowest BCUT2D eigenvalue weighted by Crippen LogP contribution is -2.25. The van der Waals surface area contributed by atoms with E-state index in [1.807, 2.05) is 18.7 Å². The van der Waals surface area contributed by atoms with Crippen LogP contribution in [0.15, 0.2) is 24.5 Å². The predicted molar refractivity (Wildman–Crippen MR) is 61.7 cm³/mol. The maximum atomic E-state index is 10.6. The topological polar surface area (TPSA) is 66.3 Å². The van der Waals surface area contributed by atoms with Crippen molar-refractivity contribution in [3.8, 4) is 0 Å². The molecule has 1 rings (SSSR count). The van der Waals surface area contributed by atoms with Gasteiger partial charge in [0.2, 0.25) is 0 Å². The van der Waals surface area contributed by atoms with Crippen molar-refractivity contribution >= 4 is 11.8 Å². The first-order chi connectivity index (χ1) is 7.54. The standard InChI is InChI=1S/C11H15N3O2/c1-4-14(7-8(2)3)10-6-12-9(5-13-10)11(15)16/h5-6H,2,4,7H2,1,3H3,(H,15,16). The monoisotopic (exact) mass is 221 g/mol. The highest BCUT2D eigenvalue weighted by Crippen LogP contribution is 2.10. The Kier molecular flexibility index (Phi) is 3.99. The van der Waals surface area contributed by atoms with Crippen LogP contribution in [-0.4, -0.2) is 34.1 Å². The molecule has 0 atom stereocenters. The summed E-state index contributed by atoms with van der Waals surface area (Å²) in [6.45, 7) is 9.22. The molecular formula is C11H15N3O2. The van der Waals surface area contributed by atoms with E-state index in [2.05, 4.69) is 16.5 Å². The lowest BCUT2D eigenvalue weighted by Gasteiger charge is -2.21. The smallest absolute Gasteiger partial charge is 0.356 e. The fourth-order valence-electron chi connectivity index (χ4n) is 1.28. The summed E-state index contributed by atoms with van der Waals surface area (Å²) in [6.07, 6.45) is 2.73. The van der Waals surface area contributed by atoms with Gasteiger partial charge in [0.25, 0.3) is 0 Å². The molecule has 0 radical (unpaired) electrons. The highest BCUT2D eigenvalue weighted by Gasteiger charge is 2.09. The van der Waals surface area contributed by atoms with Crippen LogP contribution in [0.1, 0.15) is 24.3 Å². The van der Waals surface area contributed by atoms with E-state index >= 15 is 0 Å². The molecule has 0 saturated heterocycles. The fourth-order valence-corrected chi connectivity index (χ4v) is 1.28. The summed E-state index contributed by atoms with van der Waals surface area (Å²) < 4.78 is 0. The average molecular weight is 221 g/mol. The Morgan fingerprint density at radius 3 is 2.56 bits per heavy atom. The number of anilines is 1. The molecule has 0 amide bonds. The largest absolute Gasteiger partial charge is 0.476 e. The van der Waals surface area contributed by atoms with Crippen molar-refractivity contribution in [2.75, 3.05) is 18.0 Å². The molecule has 0 aromatic carbocycles. The molecule has 1 heterocycles. The molecule has 0 aliphatic carbocycles. The SMILES string of the molecule is C=C(C)CN(CC)c1cnc(C(=O)O)cn1. The zero-order valence-corrected chi connectivity index (χ0v) is 9.47. The van der Waals surface area contributed by atoms with Crippen LogP contribution in [0.3, 0.4) is 0 Å². The van der Waals surface area contributed by atoms with Gasteiger partial charge in [-0.1, -0.05) is 12.2 Å². The second-order valence-electron chi connectivity index (χ2n) is 3.54. The summed E-state index contributed by atoms with van der Waals surface area (Å²) >= 11 is 0. The van der Waals surface area contributed by atoms with E-state index < -0.39 is 5.97 Å². The normalized spacial score (nSPS) is 9.88. The Morgan fingerprint density at radius 2 is 2.19 bits per heavy atom. The number of likely N-dealkylation sites (N-methyl/N-ethyl adjacent to an activating group) is 1. The first-order valence-electron chi connectivity index (χ1n) is 4.99. The van der Waals surface area contributed by atoms with Crippen molar-refractivity contribution in [2.45, 2.75) is 13.8 Å². The van der Waals surface area contributed by atoms with Crippen LogP contribution >= 0.6 is 0 Å². The molecule has 5 heteroatoms. The zero-order valence-electron chi connectivity index (χ0n) is 9.47. The van der Waals surface area contributed by atoms with Gasteiger partial charge in [0.1, 0.15) is 5.82 Å². The summed E-state index contributed by atoms with van der Waals surface area (Å²) in [7, 11) is 0. The van der Waals surface area contributed by atoms with Gasteiger partial charge in [-0.2, -0.15) is 0 Å². The predicted octanol–water partition coefficient (Wildman–Crippen LogP) is 1.58. The van der Waals surface area contributed by atoms with Crippen molar-refractivity contribution in [3.63, 3.8) is 0 Å². The van der Waals surface area contributed by atoms with Gasteiger partial charge >= 0.3 is 5.97 Å². The van der Waals surface area contributed by atoms with Crippen molar-refractivity contribution in [1.29, 1.82) is 0 Å². The van der Waals surface area contributed by atoms with E-state index in [0.29, 0.717) is 12.4 Å². The van der Waals surface area contributed by atoms with E-state index in [4.69, 9.17) is 5.11 Å². The lowest BCUT2D eigenvalue weighted by molar-refractivity contribution is 0.0690. The third-order valence-electron chi connectivity index (χ3n) is 2.02. The Balaban J connectivity index is 2.86. The minimum Gasteiger partial charge on any atom is -0.476 e. The molecule has 5 nitrogen and oxygen atoms in total. The first-order valence-corrected chi connectivity index (χ1v) is 4.99. The van der Waals surface area contributed by atoms with Gasteiger partial charge < -0.3 is 10.0 Å². The van der Waals surface area contributed by atoms with Crippen molar-refractivity contribution in [1.82, 2.24) is 9.97 Å². The molecule has 0 aliphatic rings. The third-order valence-corrected chi connectivity index (χ3v) is 2.02. The van der Waals surface area contributed by atoms with Gasteiger partial charge in [-0.25, -0.2) is 14.8 Å². The molecule has 0 aliphatic heterocycles. The van der Waals surface area contributed by atoms with Gasteiger partial charge in [0.15, 0.2) is 5.69 Å². The van der Waals surface area contributed by atoms with Gasteiger partial charge in [-0.3, -0.25) is 0 Å². The van der Waals surface area contributed by atoms with Gasteiger partial charge in [0, 0.05) is 13.1 Å². The van der Waals surface area contributed by atoms with Crippen LogP contribution < -0.4 is 4.90 Å². The van der Waals surface area contributed by atoms with Crippen LogP contribution in [0, 0.1) is 0 Å². The molecular weight excluding hydrogens is 206 g/mol. The van der Waals surface area contributed by atoms with Gasteiger partial charge in [-0.15, -0.1) is 0 Å². The van der Waals surface area contributed by atoms with Crippen LogP contribution in [0.2, 0.25) is 0 Å². The highest BCUT2D eigenvalue weighted by atomic mass is 16.4. The molecule has 0 spiro atoms. The number of rotatable bonds is 5. The molecule has 1 aromatic rings. The van der Waals surface area contributed by atoms with E-state index in [1.54, 1.807) is 0 Å². The summed E-state index contributed by atoms with van der Waals surface area (Å²) in [5.41, 5.74) is 0.973. The minimum atomic E-state index is -1.07. The lowest BCUT2D eigenvalue weighted by atomic mass is 10.3. The van der Waals surface area contributed by atoms with Crippen LogP contribution in [0.25, 0.3) is 0 Å². The van der Waals surface area contributed by atoms with Crippen LogP contribution in [0.4, 0.5) is 5.82 Å². The average Bonchev–Trinajstić information content (AvgIpc) is 2.25. The highest BCUT2D eigenvalue weighted by molar-refractivity contribution is 5.84. The molecule has 0 fully saturated rings. The number of nitrogens with zero attached hydrogens (tertiary/aromatic N) is 3. The minimum absolute atomic E-state index is 0.0462. The van der Waals surface area contributed by atoms with Crippen molar-refractivity contribution in [3.05, 3.63) is 30.2 Å². The van der Waals surface area contributed by atoms with Crippen molar-refractivity contribution in [2.24, 2.45) is 0 Å².